The van der Waals surface area contributed by atoms with E-state index in [4.69, 9.17) is 4.74 Å². The summed E-state index contributed by atoms with van der Waals surface area (Å²) in [5.41, 5.74) is 0.639. The van der Waals surface area contributed by atoms with Crippen molar-refractivity contribution in [1.29, 1.82) is 0 Å². The van der Waals surface area contributed by atoms with Crippen LogP contribution in [0.15, 0.2) is 42.5 Å². The van der Waals surface area contributed by atoms with Gasteiger partial charge in [0, 0.05) is 19.0 Å². The molecule has 1 aliphatic heterocycles. The molecule has 1 aliphatic rings. The summed E-state index contributed by atoms with van der Waals surface area (Å²) in [6.45, 7) is 0.266. The fourth-order valence-electron chi connectivity index (χ4n) is 2.87. The van der Waals surface area contributed by atoms with E-state index < -0.39 is 23.4 Å². The molecule has 0 bridgehead atoms. The third kappa shape index (κ3) is 3.40. The highest BCUT2D eigenvalue weighted by atomic mass is 32.1. The second-order valence-electron chi connectivity index (χ2n) is 5.91. The lowest BCUT2D eigenvalue weighted by atomic mass is 10.1. The molecule has 2 heterocycles. The van der Waals surface area contributed by atoms with Gasteiger partial charge in [0.15, 0.2) is 11.6 Å². The number of aromatic nitrogens is 1. The molecule has 0 saturated carbocycles. The molecule has 0 saturated heterocycles. The third-order valence-electron chi connectivity index (χ3n) is 4.14. The quantitative estimate of drug-likeness (QED) is 0.666. The smallest absolute Gasteiger partial charge is 0.270 e. The molecule has 138 valence electrons. The first kappa shape index (κ1) is 17.5. The maximum absolute atomic E-state index is 14.0. The summed E-state index contributed by atoms with van der Waals surface area (Å²) in [5, 5.41) is 0.526. The van der Waals surface area contributed by atoms with Gasteiger partial charge in [-0.1, -0.05) is 12.1 Å². The Kier molecular flexibility index (Phi) is 4.57. The summed E-state index contributed by atoms with van der Waals surface area (Å²) in [6.07, 6.45) is 0.439. The van der Waals surface area contributed by atoms with Crippen LogP contribution in [0.4, 0.5) is 18.9 Å². The molecule has 8 heteroatoms. The minimum Gasteiger partial charge on any atom is -0.483 e. The van der Waals surface area contributed by atoms with Gasteiger partial charge in [0.1, 0.15) is 28.1 Å². The minimum absolute atomic E-state index is 0.0246. The van der Waals surface area contributed by atoms with Gasteiger partial charge in [-0.25, -0.2) is 18.2 Å². The summed E-state index contributed by atoms with van der Waals surface area (Å²) in [7, 11) is 0. The normalized spacial score (nSPS) is 13.6. The number of para-hydroxylation sites is 1. The maximum Gasteiger partial charge on any atom is 0.270 e. The van der Waals surface area contributed by atoms with Crippen molar-refractivity contribution in [3.8, 4) is 5.75 Å². The second kappa shape index (κ2) is 7.03. The number of thiazole rings is 1. The van der Waals surface area contributed by atoms with E-state index in [1.165, 1.54) is 23.1 Å². The van der Waals surface area contributed by atoms with Gasteiger partial charge in [0.2, 0.25) is 0 Å². The molecule has 0 atom stereocenters. The lowest BCUT2D eigenvalue weighted by molar-refractivity contribution is 0.0983. The number of halogens is 3. The summed E-state index contributed by atoms with van der Waals surface area (Å²) in [6, 6.07) is 9.13. The van der Waals surface area contributed by atoms with E-state index in [0.717, 1.165) is 23.5 Å². The summed E-state index contributed by atoms with van der Waals surface area (Å²) >= 11 is 1.13. The Morgan fingerprint density at radius 3 is 2.70 bits per heavy atom. The van der Waals surface area contributed by atoms with Gasteiger partial charge in [-0.15, -0.1) is 11.3 Å². The predicted octanol–water partition coefficient (Wildman–Crippen LogP) is 4.34. The zero-order chi connectivity index (χ0) is 19.0. The number of amides is 1. The number of fused-ring (bicyclic) bond motifs is 1. The maximum atomic E-state index is 14.0. The van der Waals surface area contributed by atoms with Crippen LogP contribution >= 0.6 is 11.3 Å². The number of carbonyl (C=O) groups excluding carboxylic acids is 1. The molecule has 1 amide bonds. The van der Waals surface area contributed by atoms with Crippen molar-refractivity contribution in [3.63, 3.8) is 0 Å². The SMILES string of the molecule is O=C1c2sc(COc3ccccc3F)nc2CCN1c1ccc(F)cc1F. The largest absolute Gasteiger partial charge is 0.483 e. The molecule has 27 heavy (non-hydrogen) atoms. The molecular weight excluding hydrogens is 377 g/mol. The van der Waals surface area contributed by atoms with Crippen molar-refractivity contribution >= 4 is 22.9 Å². The number of benzene rings is 2. The Hall–Kier alpha value is -2.87. The highest BCUT2D eigenvalue weighted by Crippen LogP contribution is 2.31. The number of carbonyl (C=O) groups is 1. The molecule has 0 aliphatic carbocycles. The van der Waals surface area contributed by atoms with Crippen LogP contribution in [0, 0.1) is 17.5 Å². The summed E-state index contributed by atoms with van der Waals surface area (Å²) in [4.78, 5) is 18.8. The van der Waals surface area contributed by atoms with Gasteiger partial charge < -0.3 is 9.64 Å². The van der Waals surface area contributed by atoms with Crippen LogP contribution in [0.3, 0.4) is 0 Å². The molecule has 0 N–H and O–H groups in total. The van der Waals surface area contributed by atoms with Crippen LogP contribution in [-0.4, -0.2) is 17.4 Å². The zero-order valence-corrected chi connectivity index (χ0v) is 14.7. The number of ether oxygens (including phenoxy) is 1. The van der Waals surface area contributed by atoms with Crippen LogP contribution in [0.2, 0.25) is 0 Å². The van der Waals surface area contributed by atoms with E-state index in [0.29, 0.717) is 22.0 Å². The monoisotopic (exact) mass is 390 g/mol. The number of rotatable bonds is 4. The second-order valence-corrected chi connectivity index (χ2v) is 6.99. The molecule has 1 aromatic heterocycles. The number of hydrogen-bond donors (Lipinski definition) is 0. The van der Waals surface area contributed by atoms with Crippen molar-refractivity contribution in [2.45, 2.75) is 13.0 Å². The Morgan fingerprint density at radius 2 is 1.93 bits per heavy atom. The fraction of sp³-hybridized carbons (Fsp3) is 0.158. The van der Waals surface area contributed by atoms with Crippen LogP contribution in [0.25, 0.3) is 0 Å². The van der Waals surface area contributed by atoms with Gasteiger partial charge in [-0.05, 0) is 24.3 Å². The fourth-order valence-corrected chi connectivity index (χ4v) is 3.84. The van der Waals surface area contributed by atoms with E-state index in [-0.39, 0.29) is 24.6 Å². The number of anilines is 1. The Balaban J connectivity index is 1.54. The highest BCUT2D eigenvalue weighted by molar-refractivity contribution is 7.14. The first-order chi connectivity index (χ1) is 13.0. The Bertz CT molecular complexity index is 1020. The van der Waals surface area contributed by atoms with E-state index in [2.05, 4.69) is 4.98 Å². The molecular formula is C19H13F3N2O2S. The summed E-state index contributed by atoms with van der Waals surface area (Å²) < 4.78 is 46.2. The number of hydrogen-bond acceptors (Lipinski definition) is 4. The summed E-state index contributed by atoms with van der Waals surface area (Å²) in [5.74, 6) is -2.26. The van der Waals surface area contributed by atoms with E-state index in [1.54, 1.807) is 12.1 Å². The highest BCUT2D eigenvalue weighted by Gasteiger charge is 2.30. The molecule has 0 fully saturated rings. The molecule has 0 spiro atoms. The zero-order valence-electron chi connectivity index (χ0n) is 13.9. The average molecular weight is 390 g/mol. The van der Waals surface area contributed by atoms with Crippen molar-refractivity contribution < 1.29 is 22.7 Å². The van der Waals surface area contributed by atoms with Crippen LogP contribution < -0.4 is 9.64 Å². The van der Waals surface area contributed by atoms with Crippen molar-refractivity contribution in [2.24, 2.45) is 0 Å². The predicted molar refractivity (Wildman–Crippen MR) is 94.6 cm³/mol. The lowest BCUT2D eigenvalue weighted by Gasteiger charge is -2.26. The molecule has 0 radical (unpaired) electrons. The van der Waals surface area contributed by atoms with E-state index in [9.17, 15) is 18.0 Å². The standard InChI is InChI=1S/C19H13F3N2O2S/c20-11-5-6-15(13(22)9-11)24-8-7-14-18(19(24)25)27-17(23-14)10-26-16-4-2-1-3-12(16)21/h1-6,9H,7-8,10H2. The molecule has 4 nitrogen and oxygen atoms in total. The van der Waals surface area contributed by atoms with Gasteiger partial charge in [-0.3, -0.25) is 4.79 Å². The Morgan fingerprint density at radius 1 is 1.11 bits per heavy atom. The molecule has 2 aromatic carbocycles. The molecule has 3 aromatic rings. The van der Waals surface area contributed by atoms with Crippen LogP contribution in [0.1, 0.15) is 20.4 Å². The minimum atomic E-state index is -0.792. The van der Waals surface area contributed by atoms with Gasteiger partial charge >= 0.3 is 0 Å². The molecule has 4 rings (SSSR count). The van der Waals surface area contributed by atoms with Gasteiger partial charge in [0.25, 0.3) is 5.91 Å². The lowest BCUT2D eigenvalue weighted by Crippen LogP contribution is -2.37. The molecule has 0 unspecified atom stereocenters. The Labute approximate surface area is 156 Å². The van der Waals surface area contributed by atoms with Crippen LogP contribution in [0.5, 0.6) is 5.75 Å². The first-order valence-electron chi connectivity index (χ1n) is 8.16. The topological polar surface area (TPSA) is 42.4 Å². The average Bonchev–Trinajstić information content (AvgIpc) is 3.06. The van der Waals surface area contributed by atoms with Crippen LogP contribution in [-0.2, 0) is 13.0 Å². The first-order valence-corrected chi connectivity index (χ1v) is 8.97. The van der Waals surface area contributed by atoms with Gasteiger partial charge in [-0.2, -0.15) is 0 Å². The number of nitrogens with zero attached hydrogens (tertiary/aromatic N) is 2. The van der Waals surface area contributed by atoms with Crippen molar-refractivity contribution in [3.05, 3.63) is 75.5 Å². The third-order valence-corrected chi connectivity index (χ3v) is 5.20. The van der Waals surface area contributed by atoms with Gasteiger partial charge in [0.05, 0.1) is 11.4 Å². The van der Waals surface area contributed by atoms with E-state index in [1.807, 2.05) is 0 Å². The van der Waals surface area contributed by atoms with E-state index >= 15 is 0 Å². The van der Waals surface area contributed by atoms with Crippen molar-refractivity contribution in [2.75, 3.05) is 11.4 Å². The van der Waals surface area contributed by atoms with Crippen molar-refractivity contribution in [1.82, 2.24) is 4.98 Å².